The highest BCUT2D eigenvalue weighted by molar-refractivity contribution is 4.81. The molecule has 0 rings (SSSR count). The van der Waals surface area contributed by atoms with Crippen molar-refractivity contribution in [3.05, 3.63) is 0 Å². The first-order valence-electron chi connectivity index (χ1n) is 3.04. The van der Waals surface area contributed by atoms with Crippen LogP contribution in [0.1, 0.15) is 0 Å². The molecule has 0 saturated heterocycles. The van der Waals surface area contributed by atoms with Crippen molar-refractivity contribution in [2.45, 2.75) is 24.4 Å². The SMILES string of the molecule is ON(C(F)(F)C(F)(F)F)C(F)(F)C(F)(F)F. The van der Waals surface area contributed by atoms with Crippen molar-refractivity contribution >= 4 is 0 Å². The average molecular weight is 269 g/mol. The van der Waals surface area contributed by atoms with Gasteiger partial charge in [0.2, 0.25) is 0 Å². The van der Waals surface area contributed by atoms with Gasteiger partial charge in [-0.15, -0.1) is 0 Å². The van der Waals surface area contributed by atoms with Crippen LogP contribution in [-0.4, -0.2) is 34.7 Å². The zero-order valence-corrected chi connectivity index (χ0v) is 6.67. The van der Waals surface area contributed by atoms with Crippen molar-refractivity contribution in [3.63, 3.8) is 0 Å². The first kappa shape index (κ1) is 15.2. The second-order valence-corrected chi connectivity index (χ2v) is 2.39. The van der Waals surface area contributed by atoms with Gasteiger partial charge in [-0.1, -0.05) is 0 Å². The van der Waals surface area contributed by atoms with Crippen molar-refractivity contribution in [2.24, 2.45) is 0 Å². The second kappa shape index (κ2) is 3.61. The van der Waals surface area contributed by atoms with Crippen LogP contribution in [0.4, 0.5) is 43.9 Å². The van der Waals surface area contributed by atoms with E-state index in [9.17, 15) is 43.9 Å². The number of rotatable bonds is 2. The van der Waals surface area contributed by atoms with Gasteiger partial charge in [-0.05, 0) is 5.06 Å². The molecule has 0 atom stereocenters. The van der Waals surface area contributed by atoms with Crippen LogP contribution in [0.2, 0.25) is 0 Å². The monoisotopic (exact) mass is 269 g/mol. The van der Waals surface area contributed by atoms with Gasteiger partial charge in [0.1, 0.15) is 0 Å². The quantitative estimate of drug-likeness (QED) is 0.473. The molecule has 0 aromatic heterocycles. The van der Waals surface area contributed by atoms with Crippen molar-refractivity contribution < 1.29 is 49.1 Å². The molecule has 16 heavy (non-hydrogen) atoms. The number of alkyl halides is 10. The highest BCUT2D eigenvalue weighted by Gasteiger charge is 2.75. The fraction of sp³-hybridized carbons (Fsp3) is 1.00. The minimum Gasteiger partial charge on any atom is -0.303 e. The number of nitrogens with zero attached hydrogens (tertiary/aromatic N) is 1. The maximum atomic E-state index is 11.9. The number of hydrogen-bond acceptors (Lipinski definition) is 2. The third-order valence-corrected chi connectivity index (χ3v) is 1.21. The molecule has 1 N–H and O–H groups in total. The third kappa shape index (κ3) is 2.31. The van der Waals surface area contributed by atoms with Crippen molar-refractivity contribution in [1.29, 1.82) is 0 Å². The molecule has 0 amide bonds. The molecule has 12 heteroatoms. The summed E-state index contributed by atoms with van der Waals surface area (Å²) in [6.07, 6.45) is -13.6. The largest absolute Gasteiger partial charge is 0.471 e. The van der Waals surface area contributed by atoms with Gasteiger partial charge in [-0.3, -0.25) is 0 Å². The Morgan fingerprint density at radius 1 is 0.562 bits per heavy atom. The first-order chi connectivity index (χ1) is 6.65. The van der Waals surface area contributed by atoms with Crippen molar-refractivity contribution in [1.82, 2.24) is 5.06 Å². The fourth-order valence-electron chi connectivity index (χ4n) is 0.417. The van der Waals surface area contributed by atoms with E-state index in [2.05, 4.69) is 0 Å². The molecule has 98 valence electrons. The molecule has 0 heterocycles. The molecule has 0 unspecified atom stereocenters. The van der Waals surface area contributed by atoms with E-state index in [1.165, 1.54) is 0 Å². The summed E-state index contributed by atoms with van der Waals surface area (Å²) < 4.78 is 116. The van der Waals surface area contributed by atoms with Crippen LogP contribution in [-0.2, 0) is 0 Å². The van der Waals surface area contributed by atoms with Gasteiger partial charge in [0.05, 0.1) is 0 Å². The predicted octanol–water partition coefficient (Wildman–Crippen LogP) is 2.99. The molecule has 0 aliphatic heterocycles. The molecular formula is C4HF10NO. The molecule has 0 aromatic carbocycles. The van der Waals surface area contributed by atoms with Crippen LogP contribution in [0.3, 0.4) is 0 Å². The highest BCUT2D eigenvalue weighted by atomic mass is 19.4. The van der Waals surface area contributed by atoms with Crippen LogP contribution < -0.4 is 0 Å². The van der Waals surface area contributed by atoms with Gasteiger partial charge >= 0.3 is 24.4 Å². The second-order valence-electron chi connectivity index (χ2n) is 2.39. The Hall–Kier alpha value is -0.780. The molecule has 0 aliphatic carbocycles. The lowest BCUT2D eigenvalue weighted by Crippen LogP contribution is -2.62. The summed E-state index contributed by atoms with van der Waals surface area (Å²) in [6, 6.07) is -13.5. The lowest BCUT2D eigenvalue weighted by molar-refractivity contribution is -0.501. The van der Waals surface area contributed by atoms with Gasteiger partial charge in [0, 0.05) is 0 Å². The maximum Gasteiger partial charge on any atom is 0.471 e. The Kier molecular flexibility index (Phi) is 3.44. The predicted molar refractivity (Wildman–Crippen MR) is 25.6 cm³/mol. The first-order valence-corrected chi connectivity index (χ1v) is 3.04. The number of hydroxylamine groups is 2. The lowest BCUT2D eigenvalue weighted by atomic mass is 10.4. The van der Waals surface area contributed by atoms with Crippen LogP contribution >= 0.6 is 0 Å². The molecule has 2 nitrogen and oxygen atoms in total. The van der Waals surface area contributed by atoms with Gasteiger partial charge in [0.25, 0.3) is 0 Å². The smallest absolute Gasteiger partial charge is 0.303 e. The van der Waals surface area contributed by atoms with E-state index in [0.717, 1.165) is 0 Å². The molecule has 0 fully saturated rings. The Balaban J connectivity index is 5.30. The molecule has 0 aromatic rings. The van der Waals surface area contributed by atoms with Crippen molar-refractivity contribution in [3.8, 4) is 0 Å². The van der Waals surface area contributed by atoms with E-state index >= 15 is 0 Å². The zero-order chi connectivity index (χ0) is 13.6. The van der Waals surface area contributed by atoms with Crippen LogP contribution in [0, 0.1) is 0 Å². The van der Waals surface area contributed by atoms with Crippen LogP contribution in [0.5, 0.6) is 0 Å². The molecule has 0 saturated carbocycles. The number of hydrogen-bond donors (Lipinski definition) is 1. The van der Waals surface area contributed by atoms with Crippen LogP contribution in [0.25, 0.3) is 0 Å². The number of halogens is 10. The normalized spacial score (nSPS) is 15.8. The summed E-state index contributed by atoms with van der Waals surface area (Å²) in [5, 5.41) is 4.29. The van der Waals surface area contributed by atoms with Gasteiger partial charge in [0.15, 0.2) is 0 Å². The lowest BCUT2D eigenvalue weighted by Gasteiger charge is -2.33. The summed E-state index contributed by atoms with van der Waals surface area (Å²) in [4.78, 5) is 0. The van der Waals surface area contributed by atoms with E-state index in [0.29, 0.717) is 0 Å². The highest BCUT2D eigenvalue weighted by Crippen LogP contribution is 2.46. The van der Waals surface area contributed by atoms with E-state index in [4.69, 9.17) is 5.21 Å². The molecule has 0 bridgehead atoms. The zero-order valence-electron chi connectivity index (χ0n) is 6.67. The third-order valence-electron chi connectivity index (χ3n) is 1.21. The molecule has 0 aliphatic rings. The van der Waals surface area contributed by atoms with E-state index < -0.39 is 29.5 Å². The molecular weight excluding hydrogens is 268 g/mol. The Morgan fingerprint density at radius 2 is 0.750 bits per heavy atom. The van der Waals surface area contributed by atoms with Gasteiger partial charge in [-0.25, -0.2) is 0 Å². The van der Waals surface area contributed by atoms with Crippen molar-refractivity contribution in [2.75, 3.05) is 0 Å². The molecule has 0 radical (unpaired) electrons. The Labute approximate surface area is 80.0 Å². The minimum atomic E-state index is -6.80. The standard InChI is InChI=1S/C4HF10NO/c5-1(6,7)3(11,12)15(16)4(13,14)2(8,9)10/h16H. The van der Waals surface area contributed by atoms with E-state index in [1.807, 2.05) is 0 Å². The molecule has 0 spiro atoms. The van der Waals surface area contributed by atoms with Gasteiger partial charge < -0.3 is 5.21 Å². The van der Waals surface area contributed by atoms with E-state index in [1.54, 1.807) is 0 Å². The maximum absolute atomic E-state index is 11.9. The summed E-state index contributed by atoms with van der Waals surface area (Å²) >= 11 is 0. The summed E-state index contributed by atoms with van der Waals surface area (Å²) in [5.41, 5.74) is 0. The Bertz CT molecular complexity index is 227. The average Bonchev–Trinajstić information content (AvgIpc) is 1.98. The summed E-state index contributed by atoms with van der Waals surface area (Å²) in [5.74, 6) is 0. The topological polar surface area (TPSA) is 23.5 Å². The van der Waals surface area contributed by atoms with E-state index in [-0.39, 0.29) is 0 Å². The summed E-state index contributed by atoms with van der Waals surface area (Å²) in [7, 11) is 0. The van der Waals surface area contributed by atoms with Crippen LogP contribution in [0.15, 0.2) is 0 Å². The summed E-state index contributed by atoms with van der Waals surface area (Å²) in [6.45, 7) is 0. The fourth-order valence-corrected chi connectivity index (χ4v) is 0.417. The Morgan fingerprint density at radius 3 is 0.875 bits per heavy atom. The van der Waals surface area contributed by atoms with Gasteiger partial charge in [-0.2, -0.15) is 43.9 Å². The minimum absolute atomic E-state index is 3.38.